The second kappa shape index (κ2) is 6.75. The monoisotopic (exact) mass is 346 g/mol. The van der Waals surface area contributed by atoms with Crippen LogP contribution in [0.1, 0.15) is 49.9 Å². The lowest BCUT2D eigenvalue weighted by Gasteiger charge is -2.32. The molecule has 1 heterocycles. The zero-order valence-electron chi connectivity index (χ0n) is 17.1. The molecule has 0 fully saturated rings. The van der Waals surface area contributed by atoms with Crippen molar-refractivity contribution in [2.24, 2.45) is 5.92 Å². The lowest BCUT2D eigenvalue weighted by Crippen LogP contribution is -2.25. The van der Waals surface area contributed by atoms with Gasteiger partial charge in [0.15, 0.2) is 0 Å². The summed E-state index contributed by atoms with van der Waals surface area (Å²) in [6, 6.07) is 13.2. The van der Waals surface area contributed by atoms with E-state index in [0.717, 1.165) is 5.82 Å². The maximum Gasteiger partial charge on any atom is 0.144 e. The van der Waals surface area contributed by atoms with Gasteiger partial charge in [0, 0.05) is 18.0 Å². The topological polar surface area (TPSA) is 17.8 Å². The molecular formula is C24H30N2. The molecule has 0 atom stereocenters. The quantitative estimate of drug-likeness (QED) is 0.534. The number of hydrogen-bond donors (Lipinski definition) is 0. The van der Waals surface area contributed by atoms with E-state index in [-0.39, 0.29) is 5.41 Å². The molecule has 26 heavy (non-hydrogen) atoms. The Hall–Kier alpha value is -2.35. The van der Waals surface area contributed by atoms with Crippen molar-refractivity contribution in [2.75, 3.05) is 0 Å². The molecule has 0 unspecified atom stereocenters. The average molecular weight is 347 g/mol. The maximum absolute atomic E-state index is 4.76. The SMILES string of the molecule is Cc1cc(C)c(-n2ccnc2-c2ccccc2C(C)(C)C(C)C)c(C)c1. The van der Waals surface area contributed by atoms with Crippen LogP contribution in [0, 0.1) is 26.7 Å². The summed E-state index contributed by atoms with van der Waals surface area (Å²) in [5.74, 6) is 1.55. The number of nitrogens with zero attached hydrogens (tertiary/aromatic N) is 2. The van der Waals surface area contributed by atoms with Crippen molar-refractivity contribution in [3.05, 3.63) is 71.0 Å². The van der Waals surface area contributed by atoms with Gasteiger partial charge in [0.2, 0.25) is 0 Å². The van der Waals surface area contributed by atoms with E-state index in [1.54, 1.807) is 0 Å². The van der Waals surface area contributed by atoms with Gasteiger partial charge in [-0.15, -0.1) is 0 Å². The first-order chi connectivity index (χ1) is 12.2. The average Bonchev–Trinajstić information content (AvgIpc) is 3.02. The molecule has 3 rings (SSSR count). The highest BCUT2D eigenvalue weighted by atomic mass is 15.1. The molecule has 2 heteroatoms. The maximum atomic E-state index is 4.76. The van der Waals surface area contributed by atoms with Gasteiger partial charge in [-0.1, -0.05) is 69.7 Å². The molecule has 2 aromatic carbocycles. The van der Waals surface area contributed by atoms with Gasteiger partial charge >= 0.3 is 0 Å². The first-order valence-corrected chi connectivity index (χ1v) is 9.45. The molecule has 0 radical (unpaired) electrons. The van der Waals surface area contributed by atoms with E-state index in [1.165, 1.54) is 33.5 Å². The summed E-state index contributed by atoms with van der Waals surface area (Å²) in [6.45, 7) is 15.7. The molecule has 2 nitrogen and oxygen atoms in total. The van der Waals surface area contributed by atoms with Gasteiger partial charge in [-0.05, 0) is 48.8 Å². The van der Waals surface area contributed by atoms with Crippen molar-refractivity contribution < 1.29 is 0 Å². The van der Waals surface area contributed by atoms with E-state index in [0.29, 0.717) is 5.92 Å². The van der Waals surface area contributed by atoms with Gasteiger partial charge in [-0.2, -0.15) is 0 Å². The fourth-order valence-electron chi connectivity index (χ4n) is 3.79. The Labute approximate surface area is 157 Å². The lowest BCUT2D eigenvalue weighted by molar-refractivity contribution is 0.373. The number of hydrogen-bond acceptors (Lipinski definition) is 1. The molecule has 0 N–H and O–H groups in total. The molecule has 0 saturated carbocycles. The van der Waals surface area contributed by atoms with Crippen LogP contribution in [-0.4, -0.2) is 9.55 Å². The van der Waals surface area contributed by atoms with Crippen LogP contribution in [0.2, 0.25) is 0 Å². The molecule has 0 aliphatic carbocycles. The van der Waals surface area contributed by atoms with Crippen LogP contribution in [0.4, 0.5) is 0 Å². The van der Waals surface area contributed by atoms with Crippen LogP contribution in [0.15, 0.2) is 48.8 Å². The van der Waals surface area contributed by atoms with Gasteiger partial charge < -0.3 is 0 Å². The number of rotatable bonds is 4. The fraction of sp³-hybridized carbons (Fsp3) is 0.375. The summed E-state index contributed by atoms with van der Waals surface area (Å²) in [4.78, 5) is 4.76. The molecule has 0 bridgehead atoms. The van der Waals surface area contributed by atoms with Gasteiger partial charge in [-0.3, -0.25) is 4.57 Å². The van der Waals surface area contributed by atoms with Gasteiger partial charge in [0.25, 0.3) is 0 Å². The highest BCUT2D eigenvalue weighted by Crippen LogP contribution is 2.38. The van der Waals surface area contributed by atoms with E-state index >= 15 is 0 Å². The Morgan fingerprint density at radius 2 is 1.58 bits per heavy atom. The molecular weight excluding hydrogens is 316 g/mol. The Morgan fingerprint density at radius 3 is 2.19 bits per heavy atom. The smallest absolute Gasteiger partial charge is 0.144 e. The van der Waals surface area contributed by atoms with Crippen LogP contribution in [0.25, 0.3) is 17.1 Å². The third-order valence-electron chi connectivity index (χ3n) is 5.82. The molecule has 0 aliphatic rings. The summed E-state index contributed by atoms with van der Waals surface area (Å²) in [5.41, 5.74) is 7.74. The Bertz CT molecular complexity index is 906. The number of benzene rings is 2. The van der Waals surface area contributed by atoms with Gasteiger partial charge in [0.05, 0.1) is 5.69 Å². The second-order valence-electron chi connectivity index (χ2n) is 8.29. The number of aromatic nitrogens is 2. The Morgan fingerprint density at radius 1 is 0.962 bits per heavy atom. The Balaban J connectivity index is 2.24. The van der Waals surface area contributed by atoms with Crippen LogP contribution in [-0.2, 0) is 5.41 Å². The van der Waals surface area contributed by atoms with Crippen molar-refractivity contribution in [3.8, 4) is 17.1 Å². The zero-order chi connectivity index (χ0) is 19.1. The summed E-state index contributed by atoms with van der Waals surface area (Å²) in [6.07, 6.45) is 3.99. The first-order valence-electron chi connectivity index (χ1n) is 9.45. The third-order valence-corrected chi connectivity index (χ3v) is 5.82. The molecule has 0 saturated heterocycles. The standard InChI is InChI=1S/C24H30N2/c1-16(2)24(6,7)21-11-9-8-10-20(21)23-25-12-13-26(23)22-18(4)14-17(3)15-19(22)5/h8-16H,1-7H3. The Kier molecular flexibility index (Phi) is 4.79. The normalized spacial score (nSPS) is 12.0. The number of aryl methyl sites for hydroxylation is 3. The highest BCUT2D eigenvalue weighted by Gasteiger charge is 2.28. The minimum absolute atomic E-state index is 0.0741. The van der Waals surface area contributed by atoms with Crippen molar-refractivity contribution >= 4 is 0 Å². The molecule has 3 aromatic rings. The van der Waals surface area contributed by atoms with Crippen LogP contribution in [0.3, 0.4) is 0 Å². The minimum Gasteiger partial charge on any atom is -0.299 e. The van der Waals surface area contributed by atoms with Gasteiger partial charge in [-0.25, -0.2) is 4.98 Å². The largest absolute Gasteiger partial charge is 0.299 e. The molecule has 136 valence electrons. The molecule has 0 spiro atoms. The zero-order valence-corrected chi connectivity index (χ0v) is 17.1. The van der Waals surface area contributed by atoms with E-state index in [9.17, 15) is 0 Å². The van der Waals surface area contributed by atoms with Crippen LogP contribution < -0.4 is 0 Å². The van der Waals surface area contributed by atoms with Crippen LogP contribution in [0.5, 0.6) is 0 Å². The summed E-state index contributed by atoms with van der Waals surface area (Å²) < 4.78 is 2.25. The van der Waals surface area contributed by atoms with Crippen molar-refractivity contribution in [3.63, 3.8) is 0 Å². The molecule has 0 amide bonds. The summed E-state index contributed by atoms with van der Waals surface area (Å²) >= 11 is 0. The van der Waals surface area contributed by atoms with E-state index in [1.807, 2.05) is 6.20 Å². The van der Waals surface area contributed by atoms with E-state index in [2.05, 4.69) is 95.6 Å². The molecule has 0 aliphatic heterocycles. The summed E-state index contributed by atoms with van der Waals surface area (Å²) in [5, 5.41) is 0. The van der Waals surface area contributed by atoms with E-state index < -0.39 is 0 Å². The number of imidazole rings is 1. The second-order valence-corrected chi connectivity index (χ2v) is 8.29. The predicted molar refractivity (Wildman–Crippen MR) is 111 cm³/mol. The lowest BCUT2D eigenvalue weighted by atomic mass is 9.73. The van der Waals surface area contributed by atoms with Crippen molar-refractivity contribution in [1.29, 1.82) is 0 Å². The van der Waals surface area contributed by atoms with Gasteiger partial charge in [0.1, 0.15) is 5.82 Å². The predicted octanol–water partition coefficient (Wildman–Crippen LogP) is 6.40. The molecule has 1 aromatic heterocycles. The fourth-order valence-corrected chi connectivity index (χ4v) is 3.79. The van der Waals surface area contributed by atoms with Crippen LogP contribution >= 0.6 is 0 Å². The first kappa shape index (κ1) is 18.4. The van der Waals surface area contributed by atoms with Crippen molar-refractivity contribution in [2.45, 2.75) is 53.9 Å². The van der Waals surface area contributed by atoms with Crippen molar-refractivity contribution in [1.82, 2.24) is 9.55 Å². The third kappa shape index (κ3) is 3.09. The van der Waals surface area contributed by atoms with E-state index in [4.69, 9.17) is 4.98 Å². The highest BCUT2D eigenvalue weighted by molar-refractivity contribution is 5.66. The minimum atomic E-state index is 0.0741. The summed E-state index contributed by atoms with van der Waals surface area (Å²) in [7, 11) is 0.